The standard InChI is InChI=1S/C27H27FN2O2/c1-29-26(32)27(18-22-11-5-6-14-24(22)20-9-3-2-4-10-20)15-8-16-30(19-27)25(31)21-12-7-13-23(28)17-21/h2-7,9-14,17H,8,15-16,18-19H2,1H3,(H,29,32)/t27-/m0/s1. The smallest absolute Gasteiger partial charge is 0.253 e. The number of benzene rings is 3. The van der Waals surface area contributed by atoms with E-state index in [-0.39, 0.29) is 11.8 Å². The zero-order valence-corrected chi connectivity index (χ0v) is 18.2. The molecular formula is C27H27FN2O2. The van der Waals surface area contributed by atoms with Gasteiger partial charge < -0.3 is 10.2 Å². The van der Waals surface area contributed by atoms with Gasteiger partial charge in [-0.25, -0.2) is 4.39 Å². The topological polar surface area (TPSA) is 49.4 Å². The van der Waals surface area contributed by atoms with E-state index < -0.39 is 11.2 Å². The molecule has 3 aromatic carbocycles. The zero-order chi connectivity index (χ0) is 22.6. The van der Waals surface area contributed by atoms with Crippen LogP contribution in [0.3, 0.4) is 0 Å². The third-order valence-electron chi connectivity index (χ3n) is 6.28. The van der Waals surface area contributed by atoms with Gasteiger partial charge in [-0.15, -0.1) is 0 Å². The van der Waals surface area contributed by atoms with Gasteiger partial charge >= 0.3 is 0 Å². The number of nitrogens with one attached hydrogen (secondary N) is 1. The number of rotatable bonds is 5. The monoisotopic (exact) mass is 430 g/mol. The minimum absolute atomic E-state index is 0.0721. The molecule has 1 heterocycles. The normalized spacial score (nSPS) is 18.2. The van der Waals surface area contributed by atoms with Gasteiger partial charge in [-0.3, -0.25) is 9.59 Å². The second-order valence-corrected chi connectivity index (χ2v) is 8.40. The molecule has 1 saturated heterocycles. The number of hydrogen-bond acceptors (Lipinski definition) is 2. The summed E-state index contributed by atoms with van der Waals surface area (Å²) in [6.07, 6.45) is 1.91. The maximum absolute atomic E-state index is 13.7. The maximum Gasteiger partial charge on any atom is 0.253 e. The van der Waals surface area contributed by atoms with Crippen molar-refractivity contribution in [2.24, 2.45) is 5.41 Å². The van der Waals surface area contributed by atoms with Gasteiger partial charge in [-0.1, -0.05) is 60.7 Å². The highest BCUT2D eigenvalue weighted by molar-refractivity contribution is 5.95. The fourth-order valence-electron chi connectivity index (χ4n) is 4.72. The molecule has 0 saturated carbocycles. The van der Waals surface area contributed by atoms with Crippen LogP contribution >= 0.6 is 0 Å². The third-order valence-corrected chi connectivity index (χ3v) is 6.28. The van der Waals surface area contributed by atoms with Gasteiger partial charge in [0, 0.05) is 25.7 Å². The Morgan fingerprint density at radius 2 is 1.75 bits per heavy atom. The van der Waals surface area contributed by atoms with Crippen LogP contribution in [-0.4, -0.2) is 36.9 Å². The number of carbonyl (C=O) groups excluding carboxylic acids is 2. The summed E-state index contributed by atoms with van der Waals surface area (Å²) in [6, 6.07) is 23.9. The molecule has 5 heteroatoms. The maximum atomic E-state index is 13.7. The fourth-order valence-corrected chi connectivity index (χ4v) is 4.72. The first-order valence-electron chi connectivity index (χ1n) is 10.9. The number of halogens is 1. The van der Waals surface area contributed by atoms with Gasteiger partial charge in [0.15, 0.2) is 0 Å². The first kappa shape index (κ1) is 21.8. The molecule has 0 spiro atoms. The lowest BCUT2D eigenvalue weighted by Gasteiger charge is -2.42. The molecule has 4 rings (SSSR count). The summed E-state index contributed by atoms with van der Waals surface area (Å²) in [7, 11) is 1.64. The summed E-state index contributed by atoms with van der Waals surface area (Å²) in [6.45, 7) is 0.847. The Bertz CT molecular complexity index is 1120. The molecule has 1 fully saturated rings. The van der Waals surface area contributed by atoms with Crippen LogP contribution in [-0.2, 0) is 11.2 Å². The molecule has 0 bridgehead atoms. The molecule has 1 N–H and O–H groups in total. The van der Waals surface area contributed by atoms with Gasteiger partial charge in [-0.05, 0) is 54.2 Å². The Labute approximate surface area is 188 Å². The Morgan fingerprint density at radius 3 is 2.50 bits per heavy atom. The highest BCUT2D eigenvalue weighted by Crippen LogP contribution is 2.37. The Hall–Kier alpha value is -3.47. The molecule has 1 aliphatic heterocycles. The molecule has 4 nitrogen and oxygen atoms in total. The van der Waals surface area contributed by atoms with E-state index in [1.54, 1.807) is 18.0 Å². The molecule has 0 radical (unpaired) electrons. The highest BCUT2D eigenvalue weighted by Gasteiger charge is 2.43. The van der Waals surface area contributed by atoms with E-state index in [1.807, 2.05) is 30.3 Å². The van der Waals surface area contributed by atoms with Gasteiger partial charge in [0.05, 0.1) is 5.41 Å². The van der Waals surface area contributed by atoms with Crippen molar-refractivity contribution in [3.8, 4) is 11.1 Å². The van der Waals surface area contributed by atoms with Crippen molar-refractivity contribution in [1.82, 2.24) is 10.2 Å². The van der Waals surface area contributed by atoms with Crippen LogP contribution in [0.15, 0.2) is 78.9 Å². The average molecular weight is 431 g/mol. The fraction of sp³-hybridized carbons (Fsp3) is 0.259. The Balaban J connectivity index is 1.67. The summed E-state index contributed by atoms with van der Waals surface area (Å²) < 4.78 is 13.7. The molecule has 2 amide bonds. The van der Waals surface area contributed by atoms with Crippen LogP contribution in [0, 0.1) is 11.2 Å². The molecule has 0 aromatic heterocycles. The predicted molar refractivity (Wildman–Crippen MR) is 124 cm³/mol. The van der Waals surface area contributed by atoms with Crippen molar-refractivity contribution < 1.29 is 14.0 Å². The Morgan fingerprint density at radius 1 is 1.00 bits per heavy atom. The van der Waals surface area contributed by atoms with Crippen LogP contribution in [0.1, 0.15) is 28.8 Å². The molecule has 1 aliphatic rings. The minimum Gasteiger partial charge on any atom is -0.359 e. The quantitative estimate of drug-likeness (QED) is 0.638. The summed E-state index contributed by atoms with van der Waals surface area (Å²) in [5, 5.41) is 2.83. The molecule has 164 valence electrons. The van der Waals surface area contributed by atoms with Crippen molar-refractivity contribution in [3.63, 3.8) is 0 Å². The second kappa shape index (κ2) is 9.35. The lowest BCUT2D eigenvalue weighted by molar-refractivity contribution is -0.133. The average Bonchev–Trinajstić information content (AvgIpc) is 2.84. The number of carbonyl (C=O) groups is 2. The van der Waals surface area contributed by atoms with Gasteiger partial charge in [0.2, 0.25) is 5.91 Å². The predicted octanol–water partition coefficient (Wildman–Crippen LogP) is 4.70. The van der Waals surface area contributed by atoms with Crippen LogP contribution in [0.25, 0.3) is 11.1 Å². The lowest BCUT2D eigenvalue weighted by Crippen LogP contribution is -2.54. The molecular weight excluding hydrogens is 403 g/mol. The Kier molecular flexibility index (Phi) is 6.35. The zero-order valence-electron chi connectivity index (χ0n) is 18.2. The van der Waals surface area contributed by atoms with E-state index in [1.165, 1.54) is 18.2 Å². The molecule has 32 heavy (non-hydrogen) atoms. The first-order valence-corrected chi connectivity index (χ1v) is 10.9. The van der Waals surface area contributed by atoms with Crippen LogP contribution in [0.2, 0.25) is 0 Å². The van der Waals surface area contributed by atoms with E-state index in [4.69, 9.17) is 0 Å². The van der Waals surface area contributed by atoms with E-state index >= 15 is 0 Å². The van der Waals surface area contributed by atoms with Crippen LogP contribution in [0.5, 0.6) is 0 Å². The molecule has 0 unspecified atom stereocenters. The van der Waals surface area contributed by atoms with E-state index in [2.05, 4.69) is 29.6 Å². The first-order chi connectivity index (χ1) is 15.5. The summed E-state index contributed by atoms with van der Waals surface area (Å²) >= 11 is 0. The van der Waals surface area contributed by atoms with Crippen molar-refractivity contribution in [2.75, 3.05) is 20.1 Å². The highest BCUT2D eigenvalue weighted by atomic mass is 19.1. The summed E-state index contributed by atoms with van der Waals surface area (Å²) in [4.78, 5) is 28.0. The number of piperidine rings is 1. The third kappa shape index (κ3) is 4.42. The van der Waals surface area contributed by atoms with Crippen molar-refractivity contribution in [1.29, 1.82) is 0 Å². The number of amides is 2. The van der Waals surface area contributed by atoms with E-state index in [0.29, 0.717) is 37.9 Å². The lowest BCUT2D eigenvalue weighted by atomic mass is 9.73. The number of likely N-dealkylation sites (tertiary alicyclic amines) is 1. The molecule has 1 atom stereocenters. The SMILES string of the molecule is CNC(=O)[C@]1(Cc2ccccc2-c2ccccc2)CCCN(C(=O)c2cccc(F)c2)C1. The van der Waals surface area contributed by atoms with E-state index in [9.17, 15) is 14.0 Å². The second-order valence-electron chi connectivity index (χ2n) is 8.40. The van der Waals surface area contributed by atoms with Crippen molar-refractivity contribution >= 4 is 11.8 Å². The van der Waals surface area contributed by atoms with Gasteiger partial charge in [0.1, 0.15) is 5.82 Å². The number of nitrogens with zero attached hydrogens (tertiary/aromatic N) is 1. The molecule has 3 aromatic rings. The van der Waals surface area contributed by atoms with Crippen molar-refractivity contribution in [2.45, 2.75) is 19.3 Å². The summed E-state index contributed by atoms with van der Waals surface area (Å²) in [5.41, 5.74) is 2.81. The largest absolute Gasteiger partial charge is 0.359 e. The number of hydrogen-bond donors (Lipinski definition) is 1. The van der Waals surface area contributed by atoms with Crippen LogP contribution in [0.4, 0.5) is 4.39 Å². The summed E-state index contributed by atoms with van der Waals surface area (Å²) in [5.74, 6) is -0.756. The van der Waals surface area contributed by atoms with Gasteiger partial charge in [-0.2, -0.15) is 0 Å². The molecule has 0 aliphatic carbocycles. The van der Waals surface area contributed by atoms with E-state index in [0.717, 1.165) is 16.7 Å². The van der Waals surface area contributed by atoms with Crippen LogP contribution < -0.4 is 5.32 Å². The minimum atomic E-state index is -0.749. The van der Waals surface area contributed by atoms with Gasteiger partial charge in [0.25, 0.3) is 5.91 Å². The van der Waals surface area contributed by atoms with Crippen molar-refractivity contribution in [3.05, 3.63) is 95.8 Å².